The number of alkyl halides is 2. The van der Waals surface area contributed by atoms with E-state index in [-0.39, 0.29) is 0 Å². The third kappa shape index (κ3) is 1.71. The van der Waals surface area contributed by atoms with Crippen LogP contribution in [0.1, 0.15) is 12.0 Å². The van der Waals surface area contributed by atoms with Crippen LogP contribution in [0.4, 0.5) is 14.5 Å². The van der Waals surface area contributed by atoms with Crippen LogP contribution in [-0.4, -0.2) is 10.0 Å². The number of phenolic OH excluding ortho intramolecular Hbond substituents is 1. The maximum Gasteiger partial charge on any atom is 0.282 e. The summed E-state index contributed by atoms with van der Waals surface area (Å²) < 4.78 is 24.4. The average molecular weight is 189 g/mol. The molecule has 0 aliphatic rings. The summed E-state index contributed by atoms with van der Waals surface area (Å²) in [5.41, 5.74) is -1.71. The fraction of sp³-hybridized carbons (Fsp3) is 0.143. The van der Waals surface area contributed by atoms with Crippen molar-refractivity contribution in [2.45, 2.75) is 6.43 Å². The zero-order valence-electron chi connectivity index (χ0n) is 6.28. The smallest absolute Gasteiger partial charge is 0.282 e. The monoisotopic (exact) mass is 189 g/mol. The van der Waals surface area contributed by atoms with Gasteiger partial charge in [0.05, 0.1) is 4.92 Å². The molecule has 13 heavy (non-hydrogen) atoms. The highest BCUT2D eigenvalue weighted by Gasteiger charge is 2.24. The third-order valence-corrected chi connectivity index (χ3v) is 1.48. The number of nitro groups is 1. The normalized spacial score (nSPS) is 10.4. The van der Waals surface area contributed by atoms with Gasteiger partial charge in [0.1, 0.15) is 11.3 Å². The number of nitro benzene ring substituents is 1. The molecule has 0 aliphatic carbocycles. The van der Waals surface area contributed by atoms with E-state index in [9.17, 15) is 18.9 Å². The van der Waals surface area contributed by atoms with Crippen LogP contribution in [0, 0.1) is 10.1 Å². The SMILES string of the molecule is O=[N+]([O-])c1cccc(O)c1C(F)F. The van der Waals surface area contributed by atoms with Crippen LogP contribution >= 0.6 is 0 Å². The molecule has 70 valence electrons. The van der Waals surface area contributed by atoms with Crippen LogP contribution in [0.3, 0.4) is 0 Å². The molecule has 1 aromatic carbocycles. The van der Waals surface area contributed by atoms with E-state index < -0.39 is 28.3 Å². The minimum absolute atomic E-state index is 0.760. The van der Waals surface area contributed by atoms with Gasteiger partial charge >= 0.3 is 0 Å². The number of hydrogen-bond acceptors (Lipinski definition) is 3. The van der Waals surface area contributed by atoms with Gasteiger partial charge in [-0.25, -0.2) is 8.78 Å². The van der Waals surface area contributed by atoms with E-state index in [2.05, 4.69) is 0 Å². The van der Waals surface area contributed by atoms with E-state index in [1.54, 1.807) is 0 Å². The van der Waals surface area contributed by atoms with E-state index in [0.717, 1.165) is 18.2 Å². The molecule has 0 fully saturated rings. The van der Waals surface area contributed by atoms with Crippen molar-refractivity contribution < 1.29 is 18.8 Å². The maximum atomic E-state index is 12.2. The Balaban J connectivity index is 3.34. The molecule has 0 amide bonds. The number of benzene rings is 1. The molecule has 0 heterocycles. The summed E-state index contributed by atoms with van der Waals surface area (Å²) in [5, 5.41) is 19.2. The Hall–Kier alpha value is -1.72. The third-order valence-electron chi connectivity index (χ3n) is 1.48. The summed E-state index contributed by atoms with van der Waals surface area (Å²) in [6, 6.07) is 3.04. The molecule has 0 spiro atoms. The molecule has 1 N–H and O–H groups in total. The number of aromatic hydroxyl groups is 1. The Kier molecular flexibility index (Phi) is 2.41. The van der Waals surface area contributed by atoms with Crippen molar-refractivity contribution in [2.75, 3.05) is 0 Å². The average Bonchev–Trinajstić information content (AvgIpc) is 2.02. The van der Waals surface area contributed by atoms with Crippen LogP contribution in [0.2, 0.25) is 0 Å². The van der Waals surface area contributed by atoms with Crippen LogP contribution in [0.25, 0.3) is 0 Å². The van der Waals surface area contributed by atoms with Crippen molar-refractivity contribution in [2.24, 2.45) is 0 Å². The van der Waals surface area contributed by atoms with Crippen molar-refractivity contribution in [1.82, 2.24) is 0 Å². The minimum atomic E-state index is -3.05. The van der Waals surface area contributed by atoms with Crippen molar-refractivity contribution >= 4 is 5.69 Å². The number of nitrogens with zero attached hydrogens (tertiary/aromatic N) is 1. The summed E-state index contributed by atoms with van der Waals surface area (Å²) in [6.45, 7) is 0. The predicted molar refractivity (Wildman–Crippen MR) is 39.7 cm³/mol. The van der Waals surface area contributed by atoms with Crippen molar-refractivity contribution in [3.05, 3.63) is 33.9 Å². The molecule has 0 saturated carbocycles. The summed E-state index contributed by atoms with van der Waals surface area (Å²) >= 11 is 0. The van der Waals surface area contributed by atoms with Gasteiger partial charge in [-0.1, -0.05) is 6.07 Å². The zero-order chi connectivity index (χ0) is 10.0. The second kappa shape index (κ2) is 3.34. The summed E-state index contributed by atoms with van der Waals surface area (Å²) in [5.74, 6) is -0.760. The highest BCUT2D eigenvalue weighted by molar-refractivity contribution is 5.49. The molecule has 1 aromatic rings. The first-order valence-electron chi connectivity index (χ1n) is 3.28. The Morgan fingerprint density at radius 2 is 2.08 bits per heavy atom. The Bertz CT molecular complexity index is 341. The van der Waals surface area contributed by atoms with Crippen LogP contribution in [-0.2, 0) is 0 Å². The van der Waals surface area contributed by atoms with Gasteiger partial charge in [0.15, 0.2) is 0 Å². The Morgan fingerprint density at radius 1 is 1.46 bits per heavy atom. The molecule has 0 aromatic heterocycles. The molecular weight excluding hydrogens is 184 g/mol. The lowest BCUT2D eigenvalue weighted by Crippen LogP contribution is -1.95. The molecular formula is C7H5F2NO3. The largest absolute Gasteiger partial charge is 0.507 e. The second-order valence-corrected chi connectivity index (χ2v) is 2.27. The fourth-order valence-corrected chi connectivity index (χ4v) is 0.924. The minimum Gasteiger partial charge on any atom is -0.507 e. The van der Waals surface area contributed by atoms with E-state index in [1.807, 2.05) is 0 Å². The van der Waals surface area contributed by atoms with E-state index in [4.69, 9.17) is 5.11 Å². The molecule has 1 rings (SSSR count). The molecule has 4 nitrogen and oxygen atoms in total. The zero-order valence-corrected chi connectivity index (χ0v) is 6.28. The number of rotatable bonds is 2. The first-order chi connectivity index (χ1) is 6.04. The van der Waals surface area contributed by atoms with Crippen LogP contribution in [0.15, 0.2) is 18.2 Å². The number of phenols is 1. The van der Waals surface area contributed by atoms with Crippen LogP contribution in [0.5, 0.6) is 5.75 Å². The van der Waals surface area contributed by atoms with Gasteiger partial charge < -0.3 is 5.11 Å². The van der Waals surface area contributed by atoms with Crippen molar-refractivity contribution in [3.63, 3.8) is 0 Å². The molecule has 0 unspecified atom stereocenters. The van der Waals surface area contributed by atoms with Gasteiger partial charge in [0, 0.05) is 6.07 Å². The van der Waals surface area contributed by atoms with Crippen LogP contribution < -0.4 is 0 Å². The molecule has 0 aliphatic heterocycles. The maximum absolute atomic E-state index is 12.2. The summed E-state index contributed by atoms with van der Waals surface area (Å²) in [6.07, 6.45) is -3.05. The van der Waals surface area contributed by atoms with Gasteiger partial charge in [-0.2, -0.15) is 0 Å². The summed E-state index contributed by atoms with van der Waals surface area (Å²) in [7, 11) is 0. The van der Waals surface area contributed by atoms with Crippen molar-refractivity contribution in [3.8, 4) is 5.75 Å². The highest BCUT2D eigenvalue weighted by atomic mass is 19.3. The molecule has 6 heteroatoms. The number of hydrogen-bond donors (Lipinski definition) is 1. The van der Waals surface area contributed by atoms with Gasteiger partial charge in [-0.15, -0.1) is 0 Å². The Labute approximate surface area is 71.6 Å². The second-order valence-electron chi connectivity index (χ2n) is 2.27. The quantitative estimate of drug-likeness (QED) is 0.573. The Morgan fingerprint density at radius 3 is 2.46 bits per heavy atom. The van der Waals surface area contributed by atoms with Gasteiger partial charge in [0.2, 0.25) is 0 Å². The molecule has 0 saturated heterocycles. The highest BCUT2D eigenvalue weighted by Crippen LogP contribution is 2.35. The summed E-state index contributed by atoms with van der Waals surface area (Å²) in [4.78, 5) is 9.28. The van der Waals surface area contributed by atoms with Gasteiger partial charge in [-0.05, 0) is 6.07 Å². The fourth-order valence-electron chi connectivity index (χ4n) is 0.924. The van der Waals surface area contributed by atoms with Crippen molar-refractivity contribution in [1.29, 1.82) is 0 Å². The first kappa shape index (κ1) is 9.37. The lowest BCUT2D eigenvalue weighted by molar-refractivity contribution is -0.386. The standard InChI is InChI=1S/C7H5F2NO3/c8-7(9)6-4(10(12)13)2-1-3-5(6)11/h1-3,7,11H. The molecule has 0 bridgehead atoms. The van der Waals surface area contributed by atoms with E-state index in [1.165, 1.54) is 0 Å². The predicted octanol–water partition coefficient (Wildman–Crippen LogP) is 2.24. The molecule has 0 radical (unpaired) electrons. The lowest BCUT2D eigenvalue weighted by atomic mass is 10.1. The molecule has 0 atom stereocenters. The first-order valence-corrected chi connectivity index (χ1v) is 3.28. The van der Waals surface area contributed by atoms with E-state index >= 15 is 0 Å². The lowest BCUT2D eigenvalue weighted by Gasteiger charge is -2.02. The van der Waals surface area contributed by atoms with E-state index in [0.29, 0.717) is 0 Å². The topological polar surface area (TPSA) is 63.4 Å². The van der Waals surface area contributed by atoms with Gasteiger partial charge in [0.25, 0.3) is 12.1 Å². The van der Waals surface area contributed by atoms with Gasteiger partial charge in [-0.3, -0.25) is 10.1 Å². The number of halogens is 2.